The number of nitrogens with two attached hydrogens (primary N) is 1. The molecule has 176 valence electrons. The molecule has 32 heavy (non-hydrogen) atoms. The highest BCUT2D eigenvalue weighted by atomic mass is 32.2. The first kappa shape index (κ1) is 24.7. The van der Waals surface area contributed by atoms with E-state index in [1.165, 1.54) is 9.87 Å². The molecule has 1 heterocycles. The van der Waals surface area contributed by atoms with Gasteiger partial charge in [0.15, 0.2) is 0 Å². The van der Waals surface area contributed by atoms with E-state index in [0.717, 1.165) is 30.7 Å². The van der Waals surface area contributed by atoms with E-state index in [0.29, 0.717) is 24.4 Å². The molecule has 6 nitrogen and oxygen atoms in total. The Bertz CT molecular complexity index is 975. The number of nitrogens with zero attached hydrogens (tertiary/aromatic N) is 2. The summed E-state index contributed by atoms with van der Waals surface area (Å²) in [5.74, 6) is 7.46. The molecule has 0 saturated carbocycles. The number of ether oxygens (including phenoxy) is 1. The van der Waals surface area contributed by atoms with Crippen molar-refractivity contribution in [2.45, 2.75) is 64.0 Å². The van der Waals surface area contributed by atoms with E-state index in [9.17, 15) is 8.42 Å². The molecule has 7 heteroatoms. The third kappa shape index (κ3) is 5.52. The smallest absolute Gasteiger partial charge is 0.243 e. The highest BCUT2D eigenvalue weighted by molar-refractivity contribution is 7.89. The molecule has 0 aliphatic carbocycles. The van der Waals surface area contributed by atoms with E-state index in [-0.39, 0.29) is 18.1 Å². The molecule has 1 aliphatic rings. The third-order valence-corrected chi connectivity index (χ3v) is 8.20. The normalized spacial score (nSPS) is 20.1. The van der Waals surface area contributed by atoms with Crippen molar-refractivity contribution in [1.82, 2.24) is 9.31 Å². The van der Waals surface area contributed by atoms with Gasteiger partial charge < -0.3 is 4.74 Å². The lowest BCUT2D eigenvalue weighted by Gasteiger charge is -2.39. The molecule has 0 amide bonds. The van der Waals surface area contributed by atoms with Crippen LogP contribution >= 0.6 is 0 Å². The molecule has 2 aromatic rings. The fourth-order valence-corrected chi connectivity index (χ4v) is 6.18. The summed E-state index contributed by atoms with van der Waals surface area (Å²) in [5.41, 5.74) is 2.12. The van der Waals surface area contributed by atoms with Gasteiger partial charge in [0.2, 0.25) is 10.0 Å². The number of sulfonamides is 1. The summed E-state index contributed by atoms with van der Waals surface area (Å²) in [6.45, 7) is 9.43. The van der Waals surface area contributed by atoms with Crippen molar-refractivity contribution in [3.8, 4) is 5.75 Å². The second kappa shape index (κ2) is 10.8. The van der Waals surface area contributed by atoms with Gasteiger partial charge >= 0.3 is 0 Å². The molecular formula is C25H37N3O3S. The van der Waals surface area contributed by atoms with E-state index >= 15 is 0 Å². The molecule has 2 atom stereocenters. The van der Waals surface area contributed by atoms with E-state index < -0.39 is 10.0 Å². The SMILES string of the molecule is CCN(CC)S(=O)(=O)c1ccc(OC(C)C)c(C[C@H]2CCCN(N)[C@H]2c2ccccc2)c1. The Balaban J connectivity index is 2.00. The Morgan fingerprint density at radius 2 is 1.81 bits per heavy atom. The van der Waals surface area contributed by atoms with Gasteiger partial charge in [-0.3, -0.25) is 5.84 Å². The Morgan fingerprint density at radius 1 is 1.12 bits per heavy atom. The zero-order valence-corrected chi connectivity index (χ0v) is 20.5. The van der Waals surface area contributed by atoms with Crippen molar-refractivity contribution in [1.29, 1.82) is 0 Å². The number of piperidine rings is 1. The van der Waals surface area contributed by atoms with Crippen molar-refractivity contribution in [2.75, 3.05) is 19.6 Å². The zero-order chi connectivity index (χ0) is 23.3. The topological polar surface area (TPSA) is 75.9 Å². The van der Waals surface area contributed by atoms with E-state index in [1.807, 2.05) is 63.0 Å². The van der Waals surface area contributed by atoms with Gasteiger partial charge in [-0.05, 0) is 68.4 Å². The van der Waals surface area contributed by atoms with Crippen LogP contribution in [0.1, 0.15) is 57.7 Å². The summed E-state index contributed by atoms with van der Waals surface area (Å²) in [4.78, 5) is 0.323. The summed E-state index contributed by atoms with van der Waals surface area (Å²) in [6.07, 6.45) is 2.75. The second-order valence-electron chi connectivity index (χ2n) is 8.73. The van der Waals surface area contributed by atoms with Crippen LogP contribution in [0, 0.1) is 5.92 Å². The van der Waals surface area contributed by atoms with Crippen LogP contribution in [0.25, 0.3) is 0 Å². The minimum atomic E-state index is -3.54. The van der Waals surface area contributed by atoms with Crippen LogP contribution in [0.15, 0.2) is 53.4 Å². The summed E-state index contributed by atoms with van der Waals surface area (Å²) in [6, 6.07) is 15.7. The molecule has 3 rings (SSSR count). The van der Waals surface area contributed by atoms with Crippen LogP contribution in [-0.2, 0) is 16.4 Å². The van der Waals surface area contributed by atoms with Crippen LogP contribution in [0.3, 0.4) is 0 Å². The van der Waals surface area contributed by atoms with E-state index in [1.54, 1.807) is 6.07 Å². The fourth-order valence-electron chi connectivity index (χ4n) is 4.67. The minimum absolute atomic E-state index is 0.00118. The lowest BCUT2D eigenvalue weighted by molar-refractivity contribution is 0.0919. The first-order chi connectivity index (χ1) is 15.3. The minimum Gasteiger partial charge on any atom is -0.491 e. The monoisotopic (exact) mass is 459 g/mol. The standard InChI is InChI=1S/C25H37N3O3S/c1-5-27(6-2)32(29,30)23-14-15-24(31-19(3)4)22(18-23)17-21-13-10-16-28(26)25(21)20-11-8-7-9-12-20/h7-9,11-12,14-15,18-19,21,25H,5-6,10,13,16-17,26H2,1-4H3/t21-,25+/m1/s1. The summed E-state index contributed by atoms with van der Waals surface area (Å²) >= 11 is 0. The number of hydrogen-bond acceptors (Lipinski definition) is 5. The first-order valence-electron chi connectivity index (χ1n) is 11.6. The molecule has 1 saturated heterocycles. The van der Waals surface area contributed by atoms with Gasteiger partial charge in [-0.1, -0.05) is 44.2 Å². The van der Waals surface area contributed by atoms with Crippen LogP contribution < -0.4 is 10.6 Å². The molecule has 0 unspecified atom stereocenters. The maximum absolute atomic E-state index is 13.2. The molecule has 0 radical (unpaired) electrons. The number of hydrazine groups is 1. The highest BCUT2D eigenvalue weighted by Gasteiger charge is 2.32. The van der Waals surface area contributed by atoms with Gasteiger partial charge in [-0.25, -0.2) is 13.4 Å². The number of hydrogen-bond donors (Lipinski definition) is 1. The predicted octanol–water partition coefficient (Wildman–Crippen LogP) is 4.37. The van der Waals surface area contributed by atoms with E-state index in [2.05, 4.69) is 12.1 Å². The van der Waals surface area contributed by atoms with Gasteiger partial charge in [0.25, 0.3) is 0 Å². The summed E-state index contributed by atoms with van der Waals surface area (Å²) < 4.78 is 33.9. The van der Waals surface area contributed by atoms with Crippen molar-refractivity contribution in [3.63, 3.8) is 0 Å². The molecule has 2 aromatic carbocycles. The average Bonchev–Trinajstić information content (AvgIpc) is 2.76. The molecule has 0 aromatic heterocycles. The lowest BCUT2D eigenvalue weighted by atomic mass is 9.81. The van der Waals surface area contributed by atoms with Gasteiger partial charge in [0.05, 0.1) is 17.0 Å². The first-order valence-corrected chi connectivity index (χ1v) is 13.1. The quantitative estimate of drug-likeness (QED) is 0.564. The number of rotatable bonds is 9. The van der Waals surface area contributed by atoms with Crippen molar-refractivity contribution in [3.05, 3.63) is 59.7 Å². The summed E-state index contributed by atoms with van der Waals surface area (Å²) in [5, 5.41) is 1.93. The zero-order valence-electron chi connectivity index (χ0n) is 19.7. The molecule has 2 N–H and O–H groups in total. The van der Waals surface area contributed by atoms with Gasteiger partial charge in [-0.15, -0.1) is 0 Å². The highest BCUT2D eigenvalue weighted by Crippen LogP contribution is 2.38. The van der Waals surface area contributed by atoms with Crippen LogP contribution in [0.5, 0.6) is 5.75 Å². The van der Waals surface area contributed by atoms with Crippen LogP contribution in [0.2, 0.25) is 0 Å². The Labute approximate surface area is 193 Å². The number of benzene rings is 2. The lowest BCUT2D eigenvalue weighted by Crippen LogP contribution is -2.44. The predicted molar refractivity (Wildman–Crippen MR) is 129 cm³/mol. The average molecular weight is 460 g/mol. The molecule has 0 bridgehead atoms. The summed E-state index contributed by atoms with van der Waals surface area (Å²) in [7, 11) is -3.54. The molecular weight excluding hydrogens is 422 g/mol. The van der Waals surface area contributed by atoms with Gasteiger partial charge in [0.1, 0.15) is 5.75 Å². The van der Waals surface area contributed by atoms with Crippen LogP contribution in [0.4, 0.5) is 0 Å². The second-order valence-corrected chi connectivity index (χ2v) is 10.7. The third-order valence-electron chi connectivity index (χ3n) is 6.16. The Kier molecular flexibility index (Phi) is 8.33. The maximum atomic E-state index is 13.2. The van der Waals surface area contributed by atoms with Crippen molar-refractivity contribution >= 4 is 10.0 Å². The Hall–Kier alpha value is -1.93. The van der Waals surface area contributed by atoms with Gasteiger partial charge in [-0.2, -0.15) is 4.31 Å². The van der Waals surface area contributed by atoms with E-state index in [4.69, 9.17) is 10.6 Å². The fraction of sp³-hybridized carbons (Fsp3) is 0.520. The van der Waals surface area contributed by atoms with Crippen molar-refractivity contribution < 1.29 is 13.2 Å². The van der Waals surface area contributed by atoms with Crippen molar-refractivity contribution in [2.24, 2.45) is 11.8 Å². The molecule has 1 fully saturated rings. The Morgan fingerprint density at radius 3 is 2.44 bits per heavy atom. The molecule has 1 aliphatic heterocycles. The molecule has 0 spiro atoms. The maximum Gasteiger partial charge on any atom is 0.243 e. The van der Waals surface area contributed by atoms with Gasteiger partial charge in [0, 0.05) is 19.6 Å². The largest absolute Gasteiger partial charge is 0.491 e. The van der Waals surface area contributed by atoms with Crippen LogP contribution in [-0.4, -0.2) is 43.5 Å².